The van der Waals surface area contributed by atoms with Crippen LogP contribution >= 0.6 is 11.8 Å². The molecule has 0 bridgehead atoms. The molecular formula is C22H25N3O2S. The monoisotopic (exact) mass is 395 g/mol. The summed E-state index contributed by atoms with van der Waals surface area (Å²) in [5.41, 5.74) is 2.01. The molecule has 0 N–H and O–H groups in total. The zero-order chi connectivity index (χ0) is 19.8. The molecule has 0 spiro atoms. The van der Waals surface area contributed by atoms with Crippen LogP contribution in [-0.4, -0.2) is 34.5 Å². The maximum atomic E-state index is 12.9. The van der Waals surface area contributed by atoms with Crippen molar-refractivity contribution in [2.75, 3.05) is 7.11 Å². The Labute approximate surface area is 170 Å². The molecule has 2 aromatic rings. The molecule has 0 aliphatic carbocycles. The van der Waals surface area contributed by atoms with Gasteiger partial charge in [-0.1, -0.05) is 61.9 Å². The van der Waals surface area contributed by atoms with E-state index in [4.69, 9.17) is 4.74 Å². The zero-order valence-electron chi connectivity index (χ0n) is 16.2. The van der Waals surface area contributed by atoms with E-state index in [1.807, 2.05) is 54.6 Å². The summed E-state index contributed by atoms with van der Waals surface area (Å²) in [6.07, 6.45) is 4.67. The van der Waals surface area contributed by atoms with Gasteiger partial charge in [0.15, 0.2) is 5.17 Å². The normalized spacial score (nSPS) is 18.4. The molecule has 0 radical (unpaired) electrons. The third-order valence-electron chi connectivity index (χ3n) is 4.49. The SMILES string of the molecule is CCCC[C@H]1S/C(=N/N=C\c2ccc(OC)cc2)N(Cc2ccccc2)C1=O. The molecule has 146 valence electrons. The molecule has 0 aromatic heterocycles. The number of hydrogen-bond donors (Lipinski definition) is 0. The quantitative estimate of drug-likeness (QED) is 0.480. The molecule has 1 saturated heterocycles. The van der Waals surface area contributed by atoms with E-state index in [-0.39, 0.29) is 11.2 Å². The van der Waals surface area contributed by atoms with Gasteiger partial charge in [0.05, 0.1) is 25.1 Å². The molecule has 5 nitrogen and oxygen atoms in total. The molecule has 28 heavy (non-hydrogen) atoms. The molecule has 1 aliphatic rings. The maximum Gasteiger partial charge on any atom is 0.242 e. The van der Waals surface area contributed by atoms with Gasteiger partial charge in [-0.3, -0.25) is 9.69 Å². The van der Waals surface area contributed by atoms with Crippen LogP contribution in [0.2, 0.25) is 0 Å². The third-order valence-corrected chi connectivity index (χ3v) is 5.72. The van der Waals surface area contributed by atoms with E-state index < -0.39 is 0 Å². The lowest BCUT2D eigenvalue weighted by molar-refractivity contribution is -0.126. The van der Waals surface area contributed by atoms with Crippen LogP contribution in [0, 0.1) is 0 Å². The van der Waals surface area contributed by atoms with E-state index in [1.54, 1.807) is 18.2 Å². The van der Waals surface area contributed by atoms with Crippen LogP contribution in [0.4, 0.5) is 0 Å². The number of carbonyl (C=O) groups is 1. The molecule has 0 saturated carbocycles. The van der Waals surface area contributed by atoms with E-state index >= 15 is 0 Å². The first-order valence-electron chi connectivity index (χ1n) is 9.48. The number of ether oxygens (including phenoxy) is 1. The molecule has 2 aromatic carbocycles. The molecule has 1 atom stereocenters. The van der Waals surface area contributed by atoms with Crippen molar-refractivity contribution in [1.82, 2.24) is 4.90 Å². The van der Waals surface area contributed by atoms with Crippen LogP contribution < -0.4 is 4.74 Å². The lowest BCUT2D eigenvalue weighted by Gasteiger charge is -2.15. The van der Waals surface area contributed by atoms with Gasteiger partial charge in [0.2, 0.25) is 5.91 Å². The van der Waals surface area contributed by atoms with Crippen LogP contribution in [0.5, 0.6) is 5.75 Å². The number of amidine groups is 1. The Morgan fingerprint density at radius 3 is 2.57 bits per heavy atom. The molecule has 1 heterocycles. The van der Waals surface area contributed by atoms with E-state index in [2.05, 4.69) is 17.1 Å². The fourth-order valence-corrected chi connectivity index (χ4v) is 4.05. The molecule has 3 rings (SSSR count). The second kappa shape index (κ2) is 10.1. The van der Waals surface area contributed by atoms with Crippen molar-refractivity contribution < 1.29 is 9.53 Å². The fourth-order valence-electron chi connectivity index (χ4n) is 2.91. The summed E-state index contributed by atoms with van der Waals surface area (Å²) in [6.45, 7) is 2.66. The van der Waals surface area contributed by atoms with Crippen molar-refractivity contribution >= 4 is 29.1 Å². The fraction of sp³-hybridized carbons (Fsp3) is 0.318. The summed E-state index contributed by atoms with van der Waals surface area (Å²) in [7, 11) is 1.64. The average Bonchev–Trinajstić information content (AvgIpc) is 3.02. The Kier molecular flexibility index (Phi) is 7.25. The van der Waals surface area contributed by atoms with Crippen molar-refractivity contribution in [1.29, 1.82) is 0 Å². The Bertz CT molecular complexity index is 835. The number of rotatable bonds is 8. The van der Waals surface area contributed by atoms with E-state index in [0.717, 1.165) is 36.1 Å². The molecule has 1 amide bonds. The van der Waals surface area contributed by atoms with Gasteiger partial charge < -0.3 is 4.74 Å². The molecule has 1 fully saturated rings. The Morgan fingerprint density at radius 2 is 1.89 bits per heavy atom. The lowest BCUT2D eigenvalue weighted by Crippen LogP contribution is -2.31. The first-order valence-corrected chi connectivity index (χ1v) is 10.4. The predicted molar refractivity (Wildman–Crippen MR) is 116 cm³/mol. The number of amides is 1. The summed E-state index contributed by atoms with van der Waals surface area (Å²) in [5, 5.41) is 9.19. The van der Waals surface area contributed by atoms with Crippen LogP contribution in [0.1, 0.15) is 37.3 Å². The van der Waals surface area contributed by atoms with Crippen LogP contribution in [0.3, 0.4) is 0 Å². The summed E-state index contributed by atoms with van der Waals surface area (Å²) in [6, 6.07) is 17.6. The highest BCUT2D eigenvalue weighted by molar-refractivity contribution is 8.15. The van der Waals surface area contributed by atoms with Gasteiger partial charge in [-0.25, -0.2) is 0 Å². The number of unbranched alkanes of at least 4 members (excludes halogenated alkanes) is 1. The van der Waals surface area contributed by atoms with Gasteiger partial charge in [-0.15, -0.1) is 5.10 Å². The van der Waals surface area contributed by atoms with Crippen molar-refractivity contribution in [3.63, 3.8) is 0 Å². The van der Waals surface area contributed by atoms with Gasteiger partial charge in [0, 0.05) is 0 Å². The predicted octanol–water partition coefficient (Wildman–Crippen LogP) is 4.72. The summed E-state index contributed by atoms with van der Waals surface area (Å²) < 4.78 is 5.16. The Balaban J connectivity index is 1.76. The highest BCUT2D eigenvalue weighted by Crippen LogP contribution is 2.32. The number of nitrogens with zero attached hydrogens (tertiary/aromatic N) is 3. The van der Waals surface area contributed by atoms with Gasteiger partial charge in [-0.2, -0.15) is 5.10 Å². The minimum absolute atomic E-state index is 0.0707. The Hall–Kier alpha value is -2.60. The standard InChI is InChI=1S/C22H25N3O2S/c1-3-4-10-20-21(26)25(16-18-8-6-5-7-9-18)22(28-20)24-23-15-17-11-13-19(27-2)14-12-17/h5-9,11-15,20H,3-4,10,16H2,1-2H3/b23-15-,24-22+/t20-/m1/s1. The van der Waals surface area contributed by atoms with Crippen molar-refractivity contribution in [2.24, 2.45) is 10.2 Å². The van der Waals surface area contributed by atoms with Crippen LogP contribution in [-0.2, 0) is 11.3 Å². The third kappa shape index (κ3) is 5.23. The zero-order valence-corrected chi connectivity index (χ0v) is 17.1. The first-order chi connectivity index (χ1) is 13.7. The smallest absolute Gasteiger partial charge is 0.242 e. The molecular weight excluding hydrogens is 370 g/mol. The molecule has 6 heteroatoms. The minimum atomic E-state index is -0.0707. The van der Waals surface area contributed by atoms with Gasteiger partial charge in [-0.05, 0) is 41.8 Å². The summed E-state index contributed by atoms with van der Waals surface area (Å²) >= 11 is 1.52. The van der Waals surface area contributed by atoms with Gasteiger partial charge in [0.1, 0.15) is 5.75 Å². The minimum Gasteiger partial charge on any atom is -0.497 e. The second-order valence-electron chi connectivity index (χ2n) is 6.56. The van der Waals surface area contributed by atoms with Crippen molar-refractivity contribution in [2.45, 2.75) is 38.0 Å². The Morgan fingerprint density at radius 1 is 1.14 bits per heavy atom. The molecule has 0 unspecified atom stereocenters. The number of hydrogen-bond acceptors (Lipinski definition) is 5. The van der Waals surface area contributed by atoms with E-state index in [0.29, 0.717) is 11.7 Å². The first kappa shape index (κ1) is 20.1. The van der Waals surface area contributed by atoms with Gasteiger partial charge >= 0.3 is 0 Å². The van der Waals surface area contributed by atoms with Crippen molar-refractivity contribution in [3.8, 4) is 5.75 Å². The van der Waals surface area contributed by atoms with Gasteiger partial charge in [0.25, 0.3) is 0 Å². The number of carbonyl (C=O) groups excluding carboxylic acids is 1. The maximum absolute atomic E-state index is 12.9. The van der Waals surface area contributed by atoms with Crippen LogP contribution in [0.15, 0.2) is 64.8 Å². The number of thioether (sulfide) groups is 1. The summed E-state index contributed by atoms with van der Waals surface area (Å²) in [5.74, 6) is 0.925. The topological polar surface area (TPSA) is 54.3 Å². The second-order valence-corrected chi connectivity index (χ2v) is 7.73. The van der Waals surface area contributed by atoms with Crippen molar-refractivity contribution in [3.05, 3.63) is 65.7 Å². The number of benzene rings is 2. The highest BCUT2D eigenvalue weighted by atomic mass is 32.2. The number of methoxy groups -OCH3 is 1. The van der Waals surface area contributed by atoms with E-state index in [1.165, 1.54) is 11.8 Å². The largest absolute Gasteiger partial charge is 0.497 e. The lowest BCUT2D eigenvalue weighted by atomic mass is 10.1. The average molecular weight is 396 g/mol. The summed E-state index contributed by atoms with van der Waals surface area (Å²) in [4.78, 5) is 14.6. The highest BCUT2D eigenvalue weighted by Gasteiger charge is 2.37. The molecule has 1 aliphatic heterocycles. The van der Waals surface area contributed by atoms with E-state index in [9.17, 15) is 4.79 Å². The van der Waals surface area contributed by atoms with Crippen LogP contribution in [0.25, 0.3) is 0 Å².